The summed E-state index contributed by atoms with van der Waals surface area (Å²) in [5, 5.41) is 0. The molecule has 4 rings (SSSR count). The summed E-state index contributed by atoms with van der Waals surface area (Å²) in [7, 11) is -3.02. The molecule has 0 amide bonds. The molecule has 1 aromatic heterocycles. The van der Waals surface area contributed by atoms with Crippen LogP contribution in [0, 0.1) is 11.8 Å². The lowest BCUT2D eigenvalue weighted by atomic mass is 9.80. The van der Waals surface area contributed by atoms with Crippen molar-refractivity contribution >= 4 is 9.84 Å². The van der Waals surface area contributed by atoms with Crippen molar-refractivity contribution in [1.82, 2.24) is 14.9 Å². The van der Waals surface area contributed by atoms with E-state index in [1.807, 2.05) is 0 Å². The Hall–Kier alpha value is -1.21. The summed E-state index contributed by atoms with van der Waals surface area (Å²) in [6.45, 7) is 2.80. The predicted molar refractivity (Wildman–Crippen MR) is 85.9 cm³/mol. The normalized spacial score (nSPS) is 29.1. The molecular weight excluding hydrogens is 314 g/mol. The summed E-state index contributed by atoms with van der Waals surface area (Å²) < 4.78 is 30.2. The highest BCUT2D eigenvalue weighted by Gasteiger charge is 2.61. The van der Waals surface area contributed by atoms with E-state index in [1.54, 1.807) is 18.5 Å². The molecule has 126 valence electrons. The van der Waals surface area contributed by atoms with Gasteiger partial charge in [0, 0.05) is 37.9 Å². The number of hydrogen-bond acceptors (Lipinski definition) is 6. The van der Waals surface area contributed by atoms with Crippen molar-refractivity contribution in [2.75, 3.05) is 32.0 Å². The first-order valence-corrected chi connectivity index (χ1v) is 10.1. The number of rotatable bonds is 5. The maximum Gasteiger partial charge on any atom is 0.316 e. The molecule has 1 spiro atoms. The van der Waals surface area contributed by atoms with Gasteiger partial charge in [-0.2, -0.15) is 0 Å². The fourth-order valence-corrected chi connectivity index (χ4v) is 6.58. The quantitative estimate of drug-likeness (QED) is 0.802. The molecule has 3 fully saturated rings. The molecule has 1 aromatic rings. The molecule has 0 unspecified atom stereocenters. The number of aromatic nitrogens is 2. The van der Waals surface area contributed by atoms with Gasteiger partial charge >= 0.3 is 6.01 Å². The van der Waals surface area contributed by atoms with Gasteiger partial charge in [-0.05, 0) is 31.2 Å². The summed E-state index contributed by atoms with van der Waals surface area (Å²) in [6.07, 6.45) is 7.88. The maximum absolute atomic E-state index is 12.6. The topological polar surface area (TPSA) is 72.4 Å². The van der Waals surface area contributed by atoms with Gasteiger partial charge in [0.15, 0.2) is 9.84 Å². The highest BCUT2D eigenvalue weighted by Crippen LogP contribution is 2.45. The van der Waals surface area contributed by atoms with E-state index in [0.717, 1.165) is 12.5 Å². The van der Waals surface area contributed by atoms with Crippen molar-refractivity contribution < 1.29 is 13.2 Å². The molecule has 0 radical (unpaired) electrons. The first-order valence-electron chi connectivity index (χ1n) is 8.43. The monoisotopic (exact) mass is 337 g/mol. The third-order valence-corrected chi connectivity index (χ3v) is 8.38. The molecular formula is C16H23N3O3S. The summed E-state index contributed by atoms with van der Waals surface area (Å²) in [5.74, 6) is 1.12. The van der Waals surface area contributed by atoms with E-state index in [2.05, 4.69) is 14.9 Å². The summed E-state index contributed by atoms with van der Waals surface area (Å²) in [6, 6.07) is 2.07. The average Bonchev–Trinajstić information content (AvgIpc) is 2.72. The lowest BCUT2D eigenvalue weighted by molar-refractivity contribution is 0.0393. The van der Waals surface area contributed by atoms with Crippen molar-refractivity contribution in [2.24, 2.45) is 11.8 Å². The minimum Gasteiger partial charge on any atom is -0.463 e. The number of hydrogen-bond donors (Lipinski definition) is 0. The van der Waals surface area contributed by atoms with Crippen LogP contribution in [0.25, 0.3) is 0 Å². The van der Waals surface area contributed by atoms with Crippen LogP contribution in [0.3, 0.4) is 0 Å². The third-order valence-electron chi connectivity index (χ3n) is 5.78. The van der Waals surface area contributed by atoms with Gasteiger partial charge in [-0.1, -0.05) is 6.42 Å². The van der Waals surface area contributed by atoms with Gasteiger partial charge in [0.1, 0.15) is 4.75 Å². The number of nitrogens with zero attached hydrogens (tertiary/aromatic N) is 3. The van der Waals surface area contributed by atoms with Crippen molar-refractivity contribution in [1.29, 1.82) is 0 Å². The molecule has 1 atom stereocenters. The molecule has 23 heavy (non-hydrogen) atoms. The second-order valence-corrected chi connectivity index (χ2v) is 9.63. The Morgan fingerprint density at radius 1 is 1.22 bits per heavy atom. The summed E-state index contributed by atoms with van der Waals surface area (Å²) in [4.78, 5) is 10.4. The Bertz CT molecular complexity index is 654. The van der Waals surface area contributed by atoms with Crippen molar-refractivity contribution in [3.63, 3.8) is 0 Å². The Labute approximate surface area is 137 Å². The molecule has 3 heterocycles. The van der Waals surface area contributed by atoms with Crippen LogP contribution in [0.1, 0.15) is 25.7 Å². The van der Waals surface area contributed by atoms with E-state index in [1.165, 1.54) is 19.3 Å². The lowest BCUT2D eigenvalue weighted by Gasteiger charge is -2.51. The first-order chi connectivity index (χ1) is 11.1. The van der Waals surface area contributed by atoms with Gasteiger partial charge in [0.2, 0.25) is 0 Å². The number of likely N-dealkylation sites (tertiary alicyclic amines) is 1. The van der Waals surface area contributed by atoms with Crippen LogP contribution in [-0.2, 0) is 9.84 Å². The van der Waals surface area contributed by atoms with Gasteiger partial charge < -0.3 is 4.74 Å². The molecule has 6 nitrogen and oxygen atoms in total. The Kier molecular flexibility index (Phi) is 3.80. The largest absolute Gasteiger partial charge is 0.463 e. The van der Waals surface area contributed by atoms with Gasteiger partial charge in [-0.25, -0.2) is 18.4 Å². The zero-order valence-corrected chi connectivity index (χ0v) is 14.0. The minimum atomic E-state index is -3.02. The molecule has 2 aliphatic heterocycles. The van der Waals surface area contributed by atoms with Crippen LogP contribution in [0.15, 0.2) is 18.5 Å². The third kappa shape index (κ3) is 2.63. The second-order valence-electron chi connectivity index (χ2n) is 7.18. The van der Waals surface area contributed by atoms with Gasteiger partial charge in [-0.3, -0.25) is 4.90 Å². The minimum absolute atomic E-state index is 0.0500. The molecule has 1 saturated carbocycles. The molecule has 2 saturated heterocycles. The summed E-state index contributed by atoms with van der Waals surface area (Å²) >= 11 is 0. The fourth-order valence-electron chi connectivity index (χ4n) is 4.12. The Morgan fingerprint density at radius 3 is 2.61 bits per heavy atom. The number of ether oxygens (including phenoxy) is 1. The predicted octanol–water partition coefficient (Wildman–Crippen LogP) is 1.14. The molecule has 3 aliphatic rings. The van der Waals surface area contributed by atoms with Crippen LogP contribution in [0.5, 0.6) is 6.01 Å². The average molecular weight is 337 g/mol. The smallest absolute Gasteiger partial charge is 0.316 e. The van der Waals surface area contributed by atoms with E-state index in [9.17, 15) is 8.42 Å². The van der Waals surface area contributed by atoms with Crippen LogP contribution in [0.4, 0.5) is 0 Å². The maximum atomic E-state index is 12.6. The van der Waals surface area contributed by atoms with Crippen molar-refractivity contribution in [2.45, 2.75) is 30.4 Å². The van der Waals surface area contributed by atoms with Crippen LogP contribution >= 0.6 is 0 Å². The summed E-state index contributed by atoms with van der Waals surface area (Å²) in [5.41, 5.74) is 0. The number of sulfone groups is 1. The first kappa shape index (κ1) is 15.3. The van der Waals surface area contributed by atoms with E-state index in [4.69, 9.17) is 4.74 Å². The van der Waals surface area contributed by atoms with Crippen LogP contribution < -0.4 is 4.74 Å². The second kappa shape index (κ2) is 5.70. The fraction of sp³-hybridized carbons (Fsp3) is 0.750. The van der Waals surface area contributed by atoms with Crippen LogP contribution in [-0.4, -0.2) is 60.0 Å². The van der Waals surface area contributed by atoms with Gasteiger partial charge in [0.05, 0.1) is 12.4 Å². The lowest BCUT2D eigenvalue weighted by Crippen LogP contribution is -2.68. The van der Waals surface area contributed by atoms with E-state index in [-0.39, 0.29) is 11.7 Å². The molecule has 0 bridgehead atoms. The zero-order chi connectivity index (χ0) is 15.9. The molecule has 0 aromatic carbocycles. The van der Waals surface area contributed by atoms with E-state index >= 15 is 0 Å². The van der Waals surface area contributed by atoms with E-state index in [0.29, 0.717) is 32.1 Å². The zero-order valence-electron chi connectivity index (χ0n) is 13.2. The molecule has 7 heteroatoms. The van der Waals surface area contributed by atoms with Gasteiger partial charge in [0.25, 0.3) is 0 Å². The highest BCUT2D eigenvalue weighted by molar-refractivity contribution is 7.93. The van der Waals surface area contributed by atoms with Crippen molar-refractivity contribution in [3.8, 4) is 6.01 Å². The van der Waals surface area contributed by atoms with Gasteiger partial charge in [-0.15, -0.1) is 0 Å². The Balaban J connectivity index is 1.40. The Morgan fingerprint density at radius 2 is 1.96 bits per heavy atom. The standard InChI is InChI=1S/C16H23N3O3S/c20-23(21)8-5-14(10-22-15-17-6-2-7-18-15)16(23)11-19(12-16)9-13-3-1-4-13/h2,6-7,13-14H,1,3-5,8-12H2/t14-/m0/s1. The molecule has 0 N–H and O–H groups in total. The van der Waals surface area contributed by atoms with E-state index < -0.39 is 14.6 Å². The molecule has 1 aliphatic carbocycles. The SMILES string of the molecule is O=S1(=O)CC[C@@H](COc2ncccn2)C12CN(CC1CCC1)C2. The van der Waals surface area contributed by atoms with Crippen LogP contribution in [0.2, 0.25) is 0 Å². The van der Waals surface area contributed by atoms with Crippen molar-refractivity contribution in [3.05, 3.63) is 18.5 Å². The highest BCUT2D eigenvalue weighted by atomic mass is 32.2.